The number of hydrogen-bond acceptors (Lipinski definition) is 5. The molecule has 0 spiro atoms. The fourth-order valence-electron chi connectivity index (χ4n) is 1.78. The highest BCUT2D eigenvalue weighted by Gasteiger charge is 2.08. The Balaban J connectivity index is 1.92. The number of rotatable bonds is 3. The molecule has 2 N–H and O–H groups in total. The second-order valence-electron chi connectivity index (χ2n) is 3.64. The van der Waals surface area contributed by atoms with E-state index in [0.717, 1.165) is 29.1 Å². The molecule has 86 valence electrons. The third kappa shape index (κ3) is 1.87. The predicted octanol–water partition coefficient (Wildman–Crippen LogP) is 1.71. The Hall–Kier alpha value is -1.95. The van der Waals surface area contributed by atoms with Gasteiger partial charge in [-0.2, -0.15) is 0 Å². The monoisotopic (exact) mass is 245 g/mol. The molecule has 0 bridgehead atoms. The van der Waals surface area contributed by atoms with E-state index in [1.807, 2.05) is 28.3 Å². The molecule has 0 aliphatic carbocycles. The van der Waals surface area contributed by atoms with Crippen LogP contribution in [0.1, 0.15) is 5.01 Å². The lowest BCUT2D eigenvalue weighted by molar-refractivity contribution is 0.716. The molecule has 6 heteroatoms. The van der Waals surface area contributed by atoms with Crippen LogP contribution < -0.4 is 5.73 Å². The van der Waals surface area contributed by atoms with Crippen LogP contribution in [0.3, 0.4) is 0 Å². The Kier molecular flexibility index (Phi) is 2.49. The van der Waals surface area contributed by atoms with Gasteiger partial charge in [-0.25, -0.2) is 15.0 Å². The maximum atomic E-state index is 5.89. The molecule has 0 aromatic carbocycles. The van der Waals surface area contributed by atoms with Gasteiger partial charge in [0, 0.05) is 30.7 Å². The van der Waals surface area contributed by atoms with Crippen LogP contribution in [0.15, 0.2) is 29.9 Å². The molecule has 0 atom stereocenters. The molecule has 3 aromatic heterocycles. The fraction of sp³-hybridized carbons (Fsp3) is 0.182. The summed E-state index contributed by atoms with van der Waals surface area (Å²) in [4.78, 5) is 12.8. The summed E-state index contributed by atoms with van der Waals surface area (Å²) >= 11 is 1.65. The topological polar surface area (TPSA) is 69.6 Å². The number of aryl methyl sites for hydroxylation is 2. The molecule has 0 fully saturated rings. The number of anilines is 1. The minimum Gasteiger partial charge on any atom is -0.369 e. The number of nitrogens with two attached hydrogens (primary N) is 1. The van der Waals surface area contributed by atoms with E-state index in [0.29, 0.717) is 5.95 Å². The summed E-state index contributed by atoms with van der Waals surface area (Å²) in [5.74, 6) is 0.509. The van der Waals surface area contributed by atoms with Crippen LogP contribution >= 0.6 is 11.3 Å². The van der Waals surface area contributed by atoms with E-state index in [2.05, 4.69) is 15.0 Å². The zero-order chi connectivity index (χ0) is 11.7. The van der Waals surface area contributed by atoms with Gasteiger partial charge in [-0.15, -0.1) is 11.3 Å². The number of aromatic nitrogens is 4. The van der Waals surface area contributed by atoms with Gasteiger partial charge in [-0.1, -0.05) is 0 Å². The molecule has 5 nitrogen and oxygen atoms in total. The molecule has 0 radical (unpaired) electrons. The Labute approximate surface area is 102 Å². The van der Waals surface area contributed by atoms with Crippen molar-refractivity contribution in [2.75, 3.05) is 5.73 Å². The summed E-state index contributed by atoms with van der Waals surface area (Å²) in [7, 11) is 0. The first-order chi connectivity index (χ1) is 8.34. The second kappa shape index (κ2) is 4.14. The minimum absolute atomic E-state index is 0.509. The molecule has 3 rings (SSSR count). The highest BCUT2D eigenvalue weighted by Crippen LogP contribution is 2.16. The Bertz CT molecular complexity index is 628. The summed E-state index contributed by atoms with van der Waals surface area (Å²) in [5, 5.41) is 3.07. The summed E-state index contributed by atoms with van der Waals surface area (Å²) in [6.07, 6.45) is 4.42. The first-order valence-electron chi connectivity index (χ1n) is 5.29. The normalized spacial score (nSPS) is 11.1. The lowest BCUT2D eigenvalue weighted by atomic mass is 10.4. The molecule has 3 aromatic rings. The molecule has 17 heavy (non-hydrogen) atoms. The number of pyridine rings is 1. The number of imidazole rings is 1. The highest BCUT2D eigenvalue weighted by molar-refractivity contribution is 7.09. The van der Waals surface area contributed by atoms with E-state index < -0.39 is 0 Å². The van der Waals surface area contributed by atoms with Crippen LogP contribution in [0.2, 0.25) is 0 Å². The number of thiazole rings is 1. The quantitative estimate of drug-likeness (QED) is 0.762. The average Bonchev–Trinajstić information content (AvgIpc) is 2.93. The number of hydrogen-bond donors (Lipinski definition) is 1. The number of fused-ring (bicyclic) bond motifs is 1. The summed E-state index contributed by atoms with van der Waals surface area (Å²) in [6.45, 7) is 0.757. The standard InChI is InChI=1S/C11H11N5S/c12-11-15-8-2-1-4-14-10(8)16(11)6-3-9-13-5-7-17-9/h1-2,4-5,7H,3,6H2,(H2,12,15). The van der Waals surface area contributed by atoms with Gasteiger partial charge in [0.15, 0.2) is 5.65 Å². The SMILES string of the molecule is Nc1nc2cccnc2n1CCc1nccs1. The molecule has 0 saturated carbocycles. The van der Waals surface area contributed by atoms with Gasteiger partial charge in [0.25, 0.3) is 0 Å². The van der Waals surface area contributed by atoms with Gasteiger partial charge < -0.3 is 5.73 Å². The van der Waals surface area contributed by atoms with Crippen LogP contribution in [0.25, 0.3) is 11.2 Å². The van der Waals surface area contributed by atoms with Gasteiger partial charge in [-0.3, -0.25) is 4.57 Å². The minimum atomic E-state index is 0.509. The third-order valence-corrected chi connectivity index (χ3v) is 3.41. The first kappa shape index (κ1) is 10.2. The van der Waals surface area contributed by atoms with Gasteiger partial charge in [-0.05, 0) is 12.1 Å². The van der Waals surface area contributed by atoms with Gasteiger partial charge in [0.2, 0.25) is 5.95 Å². The maximum absolute atomic E-state index is 5.89. The summed E-state index contributed by atoms with van der Waals surface area (Å²) in [6, 6.07) is 3.78. The van der Waals surface area contributed by atoms with Crippen molar-refractivity contribution in [3.8, 4) is 0 Å². The van der Waals surface area contributed by atoms with E-state index >= 15 is 0 Å². The van der Waals surface area contributed by atoms with E-state index in [9.17, 15) is 0 Å². The van der Waals surface area contributed by atoms with Gasteiger partial charge in [0.1, 0.15) is 5.52 Å². The maximum Gasteiger partial charge on any atom is 0.202 e. The molecule has 0 saturated heterocycles. The fourth-order valence-corrected chi connectivity index (χ4v) is 2.39. The molecular formula is C11H11N5S. The third-order valence-electron chi connectivity index (χ3n) is 2.57. The van der Waals surface area contributed by atoms with E-state index in [1.165, 1.54) is 0 Å². The van der Waals surface area contributed by atoms with E-state index in [4.69, 9.17) is 5.73 Å². The van der Waals surface area contributed by atoms with Crippen LogP contribution in [-0.2, 0) is 13.0 Å². The zero-order valence-electron chi connectivity index (χ0n) is 9.08. The number of nitrogens with zero attached hydrogens (tertiary/aromatic N) is 4. The van der Waals surface area contributed by atoms with Crippen molar-refractivity contribution in [3.63, 3.8) is 0 Å². The highest BCUT2D eigenvalue weighted by atomic mass is 32.1. The molecule has 3 heterocycles. The molecular weight excluding hydrogens is 234 g/mol. The van der Waals surface area contributed by atoms with Crippen molar-refractivity contribution in [1.82, 2.24) is 19.5 Å². The lowest BCUT2D eigenvalue weighted by Gasteiger charge is -2.03. The number of nitrogen functional groups attached to an aromatic ring is 1. The smallest absolute Gasteiger partial charge is 0.202 e. The first-order valence-corrected chi connectivity index (χ1v) is 6.17. The zero-order valence-corrected chi connectivity index (χ0v) is 9.89. The van der Waals surface area contributed by atoms with E-state index in [1.54, 1.807) is 17.5 Å². The second-order valence-corrected chi connectivity index (χ2v) is 4.62. The van der Waals surface area contributed by atoms with Crippen LogP contribution in [0, 0.1) is 0 Å². The predicted molar refractivity (Wildman–Crippen MR) is 67.8 cm³/mol. The van der Waals surface area contributed by atoms with Crippen LogP contribution in [0.4, 0.5) is 5.95 Å². The average molecular weight is 245 g/mol. The largest absolute Gasteiger partial charge is 0.369 e. The van der Waals surface area contributed by atoms with Crippen molar-refractivity contribution in [3.05, 3.63) is 34.9 Å². The summed E-state index contributed by atoms with van der Waals surface area (Å²) < 4.78 is 1.93. The molecule has 0 aliphatic rings. The van der Waals surface area contributed by atoms with Gasteiger partial charge >= 0.3 is 0 Å². The van der Waals surface area contributed by atoms with Gasteiger partial charge in [0.05, 0.1) is 5.01 Å². The molecule has 0 unspecified atom stereocenters. The Morgan fingerprint density at radius 3 is 3.06 bits per heavy atom. The summed E-state index contributed by atoms with van der Waals surface area (Å²) in [5.41, 5.74) is 7.56. The van der Waals surface area contributed by atoms with E-state index in [-0.39, 0.29) is 0 Å². The van der Waals surface area contributed by atoms with Crippen molar-refractivity contribution >= 4 is 28.4 Å². The Morgan fingerprint density at radius 2 is 2.24 bits per heavy atom. The molecule has 0 aliphatic heterocycles. The van der Waals surface area contributed by atoms with Crippen LogP contribution in [-0.4, -0.2) is 19.5 Å². The van der Waals surface area contributed by atoms with Crippen molar-refractivity contribution in [2.45, 2.75) is 13.0 Å². The van der Waals surface area contributed by atoms with Crippen molar-refractivity contribution in [2.24, 2.45) is 0 Å². The van der Waals surface area contributed by atoms with Crippen LogP contribution in [0.5, 0.6) is 0 Å². The van der Waals surface area contributed by atoms with Crippen molar-refractivity contribution in [1.29, 1.82) is 0 Å². The molecule has 0 amide bonds. The Morgan fingerprint density at radius 1 is 1.29 bits per heavy atom. The van der Waals surface area contributed by atoms with Crippen molar-refractivity contribution < 1.29 is 0 Å². The lowest BCUT2D eigenvalue weighted by Crippen LogP contribution is -2.06.